The molecule has 2 nitrogen and oxygen atoms in total. The summed E-state index contributed by atoms with van der Waals surface area (Å²) < 4.78 is 1.68. The summed E-state index contributed by atoms with van der Waals surface area (Å²) in [5.74, 6) is 0. The van der Waals surface area contributed by atoms with E-state index in [2.05, 4.69) is 4.99 Å². The molecule has 0 radical (unpaired) electrons. The maximum atomic E-state index is 6.87. The van der Waals surface area contributed by atoms with Gasteiger partial charge >= 0.3 is 0 Å². The van der Waals surface area contributed by atoms with Crippen molar-refractivity contribution in [3.05, 3.63) is 11.8 Å². The first kappa shape index (κ1) is 8.81. The third kappa shape index (κ3) is 4.32. The maximum absolute atomic E-state index is 6.87. The molecule has 0 amide bonds. The van der Waals surface area contributed by atoms with Crippen LogP contribution in [0.4, 0.5) is 0 Å². The van der Waals surface area contributed by atoms with E-state index in [1.54, 1.807) is 10.4 Å². The predicted octanol–water partition coefficient (Wildman–Crippen LogP) is 2.39. The van der Waals surface area contributed by atoms with Gasteiger partial charge in [0.05, 0.1) is 4.22 Å². The normalized spacial score (nSPS) is 12.4. The molecule has 0 atom stereocenters. The second-order valence-electron chi connectivity index (χ2n) is 1.45. The van der Waals surface area contributed by atoms with E-state index in [0.29, 0.717) is 0 Å². The molecule has 0 fully saturated rings. The number of rotatable bonds is 3. The van der Waals surface area contributed by atoms with Crippen LogP contribution in [0.25, 0.3) is 0 Å². The molecule has 9 heavy (non-hydrogen) atoms. The summed E-state index contributed by atoms with van der Waals surface area (Å²) in [6.07, 6.45) is 3.89. The largest absolute Gasteiger partial charge is 0.308 e. The summed E-state index contributed by atoms with van der Waals surface area (Å²) in [6.45, 7) is 2.00. The topological polar surface area (TPSA) is 36.2 Å². The van der Waals surface area contributed by atoms with Crippen LogP contribution >= 0.6 is 22.6 Å². The number of aliphatic imine (C=N–C) groups is 1. The molecule has 0 aromatic heterocycles. The van der Waals surface area contributed by atoms with Crippen LogP contribution in [0.2, 0.25) is 0 Å². The first-order valence-corrected chi connectivity index (χ1v) is 3.91. The first-order chi connectivity index (χ1) is 4.35. The molecule has 0 aromatic rings. The predicted molar refractivity (Wildman–Crippen MR) is 49.7 cm³/mol. The Kier molecular flexibility index (Phi) is 5.81. The van der Waals surface area contributed by atoms with Gasteiger partial charge in [0.15, 0.2) is 0 Å². The average Bonchev–Trinajstić information content (AvgIpc) is 1.91. The molecule has 0 heterocycles. The van der Waals surface area contributed by atoms with Gasteiger partial charge in [-0.3, -0.25) is 4.99 Å². The van der Waals surface area contributed by atoms with Crippen molar-refractivity contribution in [3.63, 3.8) is 0 Å². The van der Waals surface area contributed by atoms with E-state index in [-0.39, 0.29) is 0 Å². The molecule has 0 bridgehead atoms. The van der Waals surface area contributed by atoms with Gasteiger partial charge in [-0.2, -0.15) is 0 Å². The Bertz CT molecular complexity index is 138. The summed E-state index contributed by atoms with van der Waals surface area (Å²) in [4.78, 5) is 3.86. The average molecular weight is 236 g/mol. The molecule has 1 N–H and O–H groups in total. The number of halogens is 1. The second kappa shape index (κ2) is 5.94. The number of hydrogen-bond acceptors (Lipinski definition) is 2. The van der Waals surface area contributed by atoms with E-state index in [4.69, 9.17) is 5.41 Å². The minimum Gasteiger partial charge on any atom is -0.308 e. The van der Waals surface area contributed by atoms with Gasteiger partial charge < -0.3 is 5.41 Å². The van der Waals surface area contributed by atoms with Crippen molar-refractivity contribution in [2.24, 2.45) is 4.99 Å². The standard InChI is InChI=1S/C6H9IN2/c1-2-6(3-8)4-9-5-7/h3-5,8H,2H2,1H3/b6-4-,8-3?,9-5-. The number of nitrogens with zero attached hydrogens (tertiary/aromatic N) is 1. The monoisotopic (exact) mass is 236 g/mol. The molecule has 0 unspecified atom stereocenters. The van der Waals surface area contributed by atoms with Crippen LogP contribution in [0, 0.1) is 5.41 Å². The van der Waals surface area contributed by atoms with Crippen molar-refractivity contribution >= 4 is 33.0 Å². The van der Waals surface area contributed by atoms with Crippen LogP contribution in [0.1, 0.15) is 13.3 Å². The summed E-state index contributed by atoms with van der Waals surface area (Å²) in [7, 11) is 0. The smallest absolute Gasteiger partial charge is 0.0651 e. The SMILES string of the molecule is CC/C(C=N)=C/N=C\I. The number of hydrogen-bond donors (Lipinski definition) is 1. The number of nitrogens with one attached hydrogen (secondary N) is 1. The summed E-state index contributed by atoms with van der Waals surface area (Å²) in [5, 5.41) is 6.87. The lowest BCUT2D eigenvalue weighted by Crippen LogP contribution is -1.77. The first-order valence-electron chi connectivity index (χ1n) is 2.66. The third-order valence-corrected chi connectivity index (χ3v) is 1.21. The Morgan fingerprint density at radius 2 is 2.44 bits per heavy atom. The zero-order valence-corrected chi connectivity index (χ0v) is 7.42. The Balaban J connectivity index is 3.90. The molecule has 0 saturated heterocycles. The summed E-state index contributed by atoms with van der Waals surface area (Å²) in [6, 6.07) is 0. The quantitative estimate of drug-likeness (QED) is 0.577. The van der Waals surface area contributed by atoms with Gasteiger partial charge in [0.25, 0.3) is 0 Å². The number of allylic oxidation sites excluding steroid dienone is 1. The molecule has 0 rings (SSSR count). The molecular weight excluding hydrogens is 227 g/mol. The zero-order chi connectivity index (χ0) is 7.11. The van der Waals surface area contributed by atoms with Gasteiger partial charge in [-0.1, -0.05) is 6.92 Å². The Labute approximate surface area is 68.7 Å². The van der Waals surface area contributed by atoms with Crippen molar-refractivity contribution in [1.29, 1.82) is 5.41 Å². The Hall–Kier alpha value is -0.190. The fourth-order valence-corrected chi connectivity index (χ4v) is 0.515. The molecule has 0 aliphatic carbocycles. The van der Waals surface area contributed by atoms with Crippen molar-refractivity contribution in [1.82, 2.24) is 0 Å². The third-order valence-electron chi connectivity index (χ3n) is 0.890. The highest BCUT2D eigenvalue weighted by Crippen LogP contribution is 1.95. The van der Waals surface area contributed by atoms with E-state index >= 15 is 0 Å². The van der Waals surface area contributed by atoms with Crippen LogP contribution in [0.5, 0.6) is 0 Å². The van der Waals surface area contributed by atoms with Crippen molar-refractivity contribution in [2.45, 2.75) is 13.3 Å². The molecule has 3 heteroatoms. The van der Waals surface area contributed by atoms with E-state index in [9.17, 15) is 0 Å². The van der Waals surface area contributed by atoms with Gasteiger partial charge in [0, 0.05) is 12.4 Å². The summed E-state index contributed by atoms with van der Waals surface area (Å²) in [5.41, 5.74) is 0.947. The molecule has 50 valence electrons. The molecular formula is C6H9IN2. The Morgan fingerprint density at radius 3 is 2.78 bits per heavy atom. The highest BCUT2D eigenvalue weighted by molar-refractivity contribution is 14.1. The highest BCUT2D eigenvalue weighted by Gasteiger charge is 1.82. The molecule has 0 aliphatic rings. The van der Waals surface area contributed by atoms with E-state index < -0.39 is 0 Å². The highest BCUT2D eigenvalue weighted by atomic mass is 127. The van der Waals surface area contributed by atoms with Gasteiger partial charge in [-0.25, -0.2) is 0 Å². The molecule has 0 aromatic carbocycles. The van der Waals surface area contributed by atoms with Crippen LogP contribution in [0.3, 0.4) is 0 Å². The van der Waals surface area contributed by atoms with Crippen LogP contribution < -0.4 is 0 Å². The summed E-state index contributed by atoms with van der Waals surface area (Å²) >= 11 is 2.04. The minimum atomic E-state index is 0.872. The molecule has 0 aliphatic heterocycles. The van der Waals surface area contributed by atoms with E-state index in [0.717, 1.165) is 12.0 Å². The lowest BCUT2D eigenvalue weighted by atomic mass is 10.2. The fraction of sp³-hybridized carbons (Fsp3) is 0.333. The lowest BCUT2D eigenvalue weighted by molar-refractivity contribution is 1.16. The lowest BCUT2D eigenvalue weighted by Gasteiger charge is -1.87. The molecule has 0 saturated carbocycles. The maximum Gasteiger partial charge on any atom is 0.0651 e. The second-order valence-corrected chi connectivity index (χ2v) is 2.01. The van der Waals surface area contributed by atoms with Crippen molar-refractivity contribution in [3.8, 4) is 0 Å². The van der Waals surface area contributed by atoms with E-state index in [1.165, 1.54) is 6.21 Å². The van der Waals surface area contributed by atoms with Gasteiger partial charge in [-0.15, -0.1) is 0 Å². The van der Waals surface area contributed by atoms with Crippen molar-refractivity contribution in [2.75, 3.05) is 0 Å². The van der Waals surface area contributed by atoms with Crippen LogP contribution in [-0.2, 0) is 0 Å². The van der Waals surface area contributed by atoms with Crippen LogP contribution in [0.15, 0.2) is 16.8 Å². The van der Waals surface area contributed by atoms with Gasteiger partial charge in [0.1, 0.15) is 0 Å². The van der Waals surface area contributed by atoms with Crippen molar-refractivity contribution < 1.29 is 0 Å². The van der Waals surface area contributed by atoms with Crippen LogP contribution in [-0.4, -0.2) is 10.4 Å². The van der Waals surface area contributed by atoms with Gasteiger partial charge in [-0.05, 0) is 34.6 Å². The Morgan fingerprint density at radius 1 is 1.78 bits per heavy atom. The zero-order valence-electron chi connectivity index (χ0n) is 5.26. The van der Waals surface area contributed by atoms with Gasteiger partial charge in [0.2, 0.25) is 0 Å². The fourth-order valence-electron chi connectivity index (χ4n) is 0.355. The minimum absolute atomic E-state index is 0.872. The van der Waals surface area contributed by atoms with E-state index in [1.807, 2.05) is 29.5 Å². The molecule has 0 spiro atoms.